The van der Waals surface area contributed by atoms with Crippen LogP contribution in [0.4, 0.5) is 5.69 Å². The summed E-state index contributed by atoms with van der Waals surface area (Å²) in [6.45, 7) is 6.12. The lowest BCUT2D eigenvalue weighted by Crippen LogP contribution is -2.96. The molecule has 1 aromatic rings. The Labute approximate surface area is 134 Å². The van der Waals surface area contributed by atoms with Gasteiger partial charge in [0.1, 0.15) is 0 Å². The number of hydrogen-bond donors (Lipinski definition) is 2. The van der Waals surface area contributed by atoms with Crippen molar-refractivity contribution in [3.05, 3.63) is 29.3 Å². The number of nitrogens with one attached hydrogen (secondary N) is 1. The van der Waals surface area contributed by atoms with Crippen molar-refractivity contribution in [2.75, 3.05) is 5.32 Å². The summed E-state index contributed by atoms with van der Waals surface area (Å²) in [6, 6.07) is 6.78. The van der Waals surface area contributed by atoms with E-state index in [1.807, 2.05) is 13.8 Å². The van der Waals surface area contributed by atoms with E-state index in [0.717, 1.165) is 11.3 Å². The number of benzene rings is 1. The van der Waals surface area contributed by atoms with Crippen LogP contribution in [-0.4, -0.2) is 18.0 Å². The third-order valence-electron chi connectivity index (χ3n) is 4.78. The minimum absolute atomic E-state index is 0.0238. The van der Waals surface area contributed by atoms with Crippen molar-refractivity contribution in [3.8, 4) is 0 Å². The standard InChI is InChI=1S/C19H30N2O/c1-14-11-12-15(2)18(13-14)21-19(22)16(3)20-17-9-7-5-4-6-8-10-17/h11-13,16-17,20H,4-10H2,1-3H3,(H,21,22)/p+1/t16-/m1/s1. The Morgan fingerprint density at radius 3 is 2.45 bits per heavy atom. The van der Waals surface area contributed by atoms with Gasteiger partial charge in [0, 0.05) is 5.69 Å². The van der Waals surface area contributed by atoms with Crippen LogP contribution in [0, 0.1) is 13.8 Å². The maximum absolute atomic E-state index is 12.5. The van der Waals surface area contributed by atoms with Gasteiger partial charge < -0.3 is 10.6 Å². The second kappa shape index (κ2) is 8.33. The molecule has 3 nitrogen and oxygen atoms in total. The number of aryl methyl sites for hydroxylation is 2. The van der Waals surface area contributed by atoms with Gasteiger partial charge in [-0.05, 0) is 63.6 Å². The highest BCUT2D eigenvalue weighted by Gasteiger charge is 2.22. The molecule has 22 heavy (non-hydrogen) atoms. The van der Waals surface area contributed by atoms with Gasteiger partial charge in [0.15, 0.2) is 6.04 Å². The molecule has 0 unspecified atom stereocenters. The van der Waals surface area contributed by atoms with Gasteiger partial charge in [-0.25, -0.2) is 0 Å². The molecule has 0 aliphatic heterocycles. The van der Waals surface area contributed by atoms with Gasteiger partial charge >= 0.3 is 0 Å². The third kappa shape index (κ3) is 5.13. The second-order valence-electron chi connectivity index (χ2n) is 6.89. The number of quaternary nitrogens is 1. The van der Waals surface area contributed by atoms with Crippen LogP contribution in [0.15, 0.2) is 18.2 Å². The fourth-order valence-corrected chi connectivity index (χ4v) is 3.29. The van der Waals surface area contributed by atoms with E-state index in [1.165, 1.54) is 50.5 Å². The minimum Gasteiger partial charge on any atom is -0.334 e. The highest BCUT2D eigenvalue weighted by atomic mass is 16.2. The van der Waals surface area contributed by atoms with Gasteiger partial charge in [0.2, 0.25) is 0 Å². The molecule has 2 rings (SSSR count). The van der Waals surface area contributed by atoms with Crippen LogP contribution in [0.25, 0.3) is 0 Å². The quantitative estimate of drug-likeness (QED) is 0.880. The minimum atomic E-state index is -0.0238. The van der Waals surface area contributed by atoms with Gasteiger partial charge in [-0.2, -0.15) is 0 Å². The highest BCUT2D eigenvalue weighted by molar-refractivity contribution is 5.94. The summed E-state index contributed by atoms with van der Waals surface area (Å²) in [4.78, 5) is 12.5. The molecular formula is C19H31N2O+. The molecule has 122 valence electrons. The molecule has 1 aliphatic rings. The van der Waals surface area contributed by atoms with Crippen molar-refractivity contribution in [2.24, 2.45) is 0 Å². The smallest absolute Gasteiger partial charge is 0.282 e. The molecule has 1 aliphatic carbocycles. The van der Waals surface area contributed by atoms with Crippen LogP contribution in [0.5, 0.6) is 0 Å². The Hall–Kier alpha value is -1.35. The van der Waals surface area contributed by atoms with Crippen LogP contribution in [0.2, 0.25) is 0 Å². The van der Waals surface area contributed by atoms with E-state index >= 15 is 0 Å². The number of amides is 1. The monoisotopic (exact) mass is 303 g/mol. The summed E-state index contributed by atoms with van der Waals surface area (Å²) in [7, 11) is 0. The lowest BCUT2D eigenvalue weighted by atomic mass is 9.96. The van der Waals surface area contributed by atoms with Crippen molar-refractivity contribution in [1.82, 2.24) is 0 Å². The van der Waals surface area contributed by atoms with E-state index in [2.05, 4.69) is 35.8 Å². The zero-order valence-corrected chi connectivity index (χ0v) is 14.3. The van der Waals surface area contributed by atoms with Gasteiger partial charge in [0.05, 0.1) is 6.04 Å². The van der Waals surface area contributed by atoms with Crippen LogP contribution < -0.4 is 10.6 Å². The normalized spacial score (nSPS) is 18.3. The van der Waals surface area contributed by atoms with Crippen molar-refractivity contribution in [2.45, 2.75) is 77.8 Å². The third-order valence-corrected chi connectivity index (χ3v) is 4.78. The van der Waals surface area contributed by atoms with Crippen molar-refractivity contribution >= 4 is 11.6 Å². The maximum Gasteiger partial charge on any atom is 0.282 e. The van der Waals surface area contributed by atoms with Gasteiger partial charge in [-0.1, -0.05) is 31.4 Å². The number of carbonyl (C=O) groups is 1. The predicted molar refractivity (Wildman–Crippen MR) is 92.0 cm³/mol. The Morgan fingerprint density at radius 1 is 1.14 bits per heavy atom. The molecule has 0 saturated heterocycles. The summed E-state index contributed by atoms with van der Waals surface area (Å²) >= 11 is 0. The van der Waals surface area contributed by atoms with E-state index in [9.17, 15) is 4.79 Å². The van der Waals surface area contributed by atoms with Crippen LogP contribution in [-0.2, 0) is 4.79 Å². The molecule has 3 N–H and O–H groups in total. The van der Waals surface area contributed by atoms with Crippen molar-refractivity contribution in [3.63, 3.8) is 0 Å². The lowest BCUT2D eigenvalue weighted by molar-refractivity contribution is -0.707. The molecule has 0 aromatic heterocycles. The first kappa shape index (κ1) is 17.0. The zero-order chi connectivity index (χ0) is 15.9. The molecule has 1 atom stereocenters. The number of carbonyl (C=O) groups excluding carboxylic acids is 1. The van der Waals surface area contributed by atoms with E-state index in [4.69, 9.17) is 0 Å². The van der Waals surface area contributed by atoms with Crippen LogP contribution in [0.1, 0.15) is 63.0 Å². The van der Waals surface area contributed by atoms with Crippen LogP contribution >= 0.6 is 0 Å². The Morgan fingerprint density at radius 2 is 1.77 bits per heavy atom. The average Bonchev–Trinajstić information content (AvgIpc) is 2.45. The molecule has 0 heterocycles. The number of nitrogens with two attached hydrogens (primary N) is 1. The zero-order valence-electron chi connectivity index (χ0n) is 14.3. The molecule has 3 heteroatoms. The molecule has 0 spiro atoms. The van der Waals surface area contributed by atoms with Crippen molar-refractivity contribution in [1.29, 1.82) is 0 Å². The highest BCUT2D eigenvalue weighted by Crippen LogP contribution is 2.17. The summed E-state index contributed by atoms with van der Waals surface area (Å²) in [5.41, 5.74) is 3.25. The van der Waals surface area contributed by atoms with Gasteiger partial charge in [-0.3, -0.25) is 4.79 Å². The molecule has 1 fully saturated rings. The fraction of sp³-hybridized carbons (Fsp3) is 0.632. The van der Waals surface area contributed by atoms with E-state index in [1.54, 1.807) is 0 Å². The number of anilines is 1. The second-order valence-corrected chi connectivity index (χ2v) is 6.89. The molecule has 1 aromatic carbocycles. The van der Waals surface area contributed by atoms with Crippen LogP contribution in [0.3, 0.4) is 0 Å². The lowest BCUT2D eigenvalue weighted by Gasteiger charge is -2.22. The summed E-state index contributed by atoms with van der Waals surface area (Å²) in [5, 5.41) is 5.38. The molecule has 0 bridgehead atoms. The first-order valence-electron chi connectivity index (χ1n) is 8.79. The van der Waals surface area contributed by atoms with E-state index in [0.29, 0.717) is 6.04 Å². The first-order valence-corrected chi connectivity index (χ1v) is 8.79. The molecular weight excluding hydrogens is 272 g/mol. The van der Waals surface area contributed by atoms with Gasteiger partial charge in [-0.15, -0.1) is 0 Å². The SMILES string of the molecule is Cc1ccc(C)c(NC(=O)[C@@H](C)[NH2+]C2CCCCCCC2)c1. The Bertz CT molecular complexity index is 490. The summed E-state index contributed by atoms with van der Waals surface area (Å²) in [5.74, 6) is 0.121. The molecule has 1 amide bonds. The summed E-state index contributed by atoms with van der Waals surface area (Å²) < 4.78 is 0. The maximum atomic E-state index is 12.5. The number of hydrogen-bond acceptors (Lipinski definition) is 1. The molecule has 1 saturated carbocycles. The van der Waals surface area contributed by atoms with E-state index < -0.39 is 0 Å². The largest absolute Gasteiger partial charge is 0.334 e. The van der Waals surface area contributed by atoms with Gasteiger partial charge in [0.25, 0.3) is 5.91 Å². The predicted octanol–water partition coefficient (Wildman–Crippen LogP) is 3.31. The first-order chi connectivity index (χ1) is 10.6. The average molecular weight is 303 g/mol. The van der Waals surface area contributed by atoms with Crippen molar-refractivity contribution < 1.29 is 10.1 Å². The molecule has 0 radical (unpaired) electrons. The fourth-order valence-electron chi connectivity index (χ4n) is 3.29. The Balaban J connectivity index is 1.89. The topological polar surface area (TPSA) is 45.7 Å². The summed E-state index contributed by atoms with van der Waals surface area (Å²) in [6.07, 6.45) is 9.22. The number of rotatable bonds is 4. The van der Waals surface area contributed by atoms with E-state index in [-0.39, 0.29) is 11.9 Å². The Kier molecular flexibility index (Phi) is 6.44.